The molecule has 0 radical (unpaired) electrons. The van der Waals surface area contributed by atoms with Crippen molar-refractivity contribution >= 4 is 5.91 Å². The molecule has 1 aliphatic carbocycles. The average molecular weight is 226 g/mol. The molecule has 2 aliphatic rings. The summed E-state index contributed by atoms with van der Waals surface area (Å²) in [5.74, 6) is 0.584. The molecule has 4 nitrogen and oxygen atoms in total. The van der Waals surface area contributed by atoms with E-state index >= 15 is 0 Å². The highest BCUT2D eigenvalue weighted by Crippen LogP contribution is 2.28. The molecule has 1 unspecified atom stereocenters. The van der Waals surface area contributed by atoms with Crippen LogP contribution >= 0.6 is 0 Å². The van der Waals surface area contributed by atoms with Crippen molar-refractivity contribution < 1.29 is 9.53 Å². The Balaban J connectivity index is 1.58. The summed E-state index contributed by atoms with van der Waals surface area (Å²) in [5, 5.41) is 3.08. The minimum Gasteiger partial charge on any atom is -0.379 e. The molecule has 1 amide bonds. The predicted molar refractivity (Wildman–Crippen MR) is 62.2 cm³/mol. The molecule has 0 bridgehead atoms. The lowest BCUT2D eigenvalue weighted by molar-refractivity contribution is -0.122. The van der Waals surface area contributed by atoms with E-state index in [4.69, 9.17) is 4.74 Å². The first kappa shape index (κ1) is 11.9. The zero-order valence-electron chi connectivity index (χ0n) is 10.1. The van der Waals surface area contributed by atoms with Gasteiger partial charge in [0.1, 0.15) is 0 Å². The molecule has 1 atom stereocenters. The van der Waals surface area contributed by atoms with Crippen LogP contribution in [0.25, 0.3) is 0 Å². The third-order valence-corrected chi connectivity index (χ3v) is 3.32. The van der Waals surface area contributed by atoms with Gasteiger partial charge in [0.05, 0.1) is 13.2 Å². The Bertz CT molecular complexity index is 235. The number of morpholine rings is 1. The molecule has 1 heterocycles. The molecular formula is C12H22N2O2. The van der Waals surface area contributed by atoms with E-state index in [1.807, 2.05) is 0 Å². The standard InChI is InChI=1S/C12H22N2O2/c1-10(13-12(15)11-2-3-11)4-5-14-6-8-16-9-7-14/h10-11H,2-9H2,1H3,(H,13,15). The predicted octanol–water partition coefficient (Wildman–Crippen LogP) is 0.623. The lowest BCUT2D eigenvalue weighted by Crippen LogP contribution is -2.40. The highest BCUT2D eigenvalue weighted by atomic mass is 16.5. The maximum absolute atomic E-state index is 11.5. The average Bonchev–Trinajstić information content (AvgIpc) is 3.11. The molecule has 0 spiro atoms. The highest BCUT2D eigenvalue weighted by molar-refractivity contribution is 5.81. The molecule has 92 valence electrons. The number of rotatable bonds is 5. The Hall–Kier alpha value is -0.610. The fraction of sp³-hybridized carbons (Fsp3) is 0.917. The van der Waals surface area contributed by atoms with Crippen molar-refractivity contribution in [3.05, 3.63) is 0 Å². The fourth-order valence-electron chi connectivity index (χ4n) is 1.98. The van der Waals surface area contributed by atoms with Crippen molar-refractivity contribution in [3.63, 3.8) is 0 Å². The quantitative estimate of drug-likeness (QED) is 0.747. The molecule has 1 saturated heterocycles. The zero-order chi connectivity index (χ0) is 11.4. The van der Waals surface area contributed by atoms with Gasteiger partial charge in [0.2, 0.25) is 5.91 Å². The number of hydrogen-bond donors (Lipinski definition) is 1. The second-order valence-corrected chi connectivity index (χ2v) is 4.93. The number of nitrogens with zero attached hydrogens (tertiary/aromatic N) is 1. The lowest BCUT2D eigenvalue weighted by Gasteiger charge is -2.27. The van der Waals surface area contributed by atoms with Gasteiger partial charge < -0.3 is 10.1 Å². The largest absolute Gasteiger partial charge is 0.379 e. The van der Waals surface area contributed by atoms with Crippen molar-refractivity contribution in [2.45, 2.75) is 32.2 Å². The molecular weight excluding hydrogens is 204 g/mol. The van der Waals surface area contributed by atoms with Gasteiger partial charge in [-0.2, -0.15) is 0 Å². The molecule has 1 N–H and O–H groups in total. The van der Waals surface area contributed by atoms with Crippen LogP contribution in [-0.2, 0) is 9.53 Å². The third kappa shape index (κ3) is 3.76. The molecule has 0 aromatic carbocycles. The van der Waals surface area contributed by atoms with Crippen LogP contribution < -0.4 is 5.32 Å². The fourth-order valence-corrected chi connectivity index (χ4v) is 1.98. The summed E-state index contributed by atoms with van der Waals surface area (Å²) in [6.07, 6.45) is 3.21. The second-order valence-electron chi connectivity index (χ2n) is 4.93. The van der Waals surface area contributed by atoms with Crippen molar-refractivity contribution in [2.24, 2.45) is 5.92 Å². The molecule has 0 aromatic heterocycles. The van der Waals surface area contributed by atoms with Crippen molar-refractivity contribution in [1.82, 2.24) is 10.2 Å². The van der Waals surface area contributed by atoms with E-state index in [2.05, 4.69) is 17.1 Å². The first-order valence-electron chi connectivity index (χ1n) is 6.36. The summed E-state index contributed by atoms with van der Waals surface area (Å²) in [6, 6.07) is 0.302. The number of ether oxygens (including phenoxy) is 1. The van der Waals surface area contributed by atoms with Crippen LogP contribution in [0.2, 0.25) is 0 Å². The van der Waals surface area contributed by atoms with Gasteiger partial charge in [-0.05, 0) is 26.2 Å². The molecule has 1 saturated carbocycles. The highest BCUT2D eigenvalue weighted by Gasteiger charge is 2.30. The van der Waals surface area contributed by atoms with Crippen molar-refractivity contribution in [3.8, 4) is 0 Å². The summed E-state index contributed by atoms with van der Waals surface area (Å²) in [5.41, 5.74) is 0. The van der Waals surface area contributed by atoms with Crippen LogP contribution in [0.1, 0.15) is 26.2 Å². The Morgan fingerprint density at radius 2 is 2.12 bits per heavy atom. The Morgan fingerprint density at radius 1 is 1.44 bits per heavy atom. The normalized spacial score (nSPS) is 24.1. The van der Waals surface area contributed by atoms with E-state index in [1.165, 1.54) is 0 Å². The van der Waals surface area contributed by atoms with E-state index in [9.17, 15) is 4.79 Å². The van der Waals surface area contributed by atoms with Gasteiger partial charge in [-0.25, -0.2) is 0 Å². The molecule has 16 heavy (non-hydrogen) atoms. The van der Waals surface area contributed by atoms with Crippen molar-refractivity contribution in [1.29, 1.82) is 0 Å². The SMILES string of the molecule is CC(CCN1CCOCC1)NC(=O)C1CC1. The van der Waals surface area contributed by atoms with Gasteiger partial charge >= 0.3 is 0 Å². The van der Waals surface area contributed by atoms with Crippen molar-refractivity contribution in [2.75, 3.05) is 32.8 Å². The summed E-state index contributed by atoms with van der Waals surface area (Å²) in [4.78, 5) is 13.9. The van der Waals surface area contributed by atoms with E-state index in [0.29, 0.717) is 12.0 Å². The molecule has 2 rings (SSSR count). The van der Waals surface area contributed by atoms with Crippen LogP contribution in [-0.4, -0.2) is 49.7 Å². The van der Waals surface area contributed by atoms with E-state index in [0.717, 1.165) is 52.1 Å². The Morgan fingerprint density at radius 3 is 2.75 bits per heavy atom. The van der Waals surface area contributed by atoms with E-state index in [1.54, 1.807) is 0 Å². The summed E-state index contributed by atoms with van der Waals surface area (Å²) >= 11 is 0. The third-order valence-electron chi connectivity index (χ3n) is 3.32. The molecule has 0 aromatic rings. The number of carbonyl (C=O) groups excluding carboxylic acids is 1. The van der Waals surface area contributed by atoms with Crippen LogP contribution in [0, 0.1) is 5.92 Å². The number of hydrogen-bond acceptors (Lipinski definition) is 3. The summed E-state index contributed by atoms with van der Waals surface area (Å²) < 4.78 is 5.30. The summed E-state index contributed by atoms with van der Waals surface area (Å²) in [6.45, 7) is 6.93. The van der Waals surface area contributed by atoms with E-state index < -0.39 is 0 Å². The topological polar surface area (TPSA) is 41.6 Å². The van der Waals surface area contributed by atoms with Crippen LogP contribution in [0.15, 0.2) is 0 Å². The first-order chi connectivity index (χ1) is 7.75. The maximum Gasteiger partial charge on any atom is 0.223 e. The smallest absolute Gasteiger partial charge is 0.223 e. The maximum atomic E-state index is 11.5. The van der Waals surface area contributed by atoms with Gasteiger partial charge in [-0.3, -0.25) is 9.69 Å². The minimum atomic E-state index is 0.259. The number of carbonyl (C=O) groups is 1. The lowest BCUT2D eigenvalue weighted by atomic mass is 10.2. The second kappa shape index (κ2) is 5.64. The van der Waals surface area contributed by atoms with Crippen LogP contribution in [0.5, 0.6) is 0 Å². The first-order valence-corrected chi connectivity index (χ1v) is 6.36. The minimum absolute atomic E-state index is 0.259. The van der Waals surface area contributed by atoms with Gasteiger partial charge in [0.15, 0.2) is 0 Å². The van der Waals surface area contributed by atoms with Gasteiger partial charge in [-0.15, -0.1) is 0 Å². The van der Waals surface area contributed by atoms with Gasteiger partial charge in [0.25, 0.3) is 0 Å². The summed E-state index contributed by atoms with van der Waals surface area (Å²) in [7, 11) is 0. The molecule has 1 aliphatic heterocycles. The van der Waals surface area contributed by atoms with E-state index in [-0.39, 0.29) is 5.91 Å². The van der Waals surface area contributed by atoms with Crippen LogP contribution in [0.4, 0.5) is 0 Å². The number of nitrogens with one attached hydrogen (secondary N) is 1. The Kier molecular flexibility index (Phi) is 4.18. The zero-order valence-corrected chi connectivity index (χ0v) is 10.1. The van der Waals surface area contributed by atoms with Gasteiger partial charge in [-0.1, -0.05) is 0 Å². The molecule has 2 fully saturated rings. The van der Waals surface area contributed by atoms with Crippen LogP contribution in [0.3, 0.4) is 0 Å². The number of amides is 1. The molecule has 4 heteroatoms. The monoisotopic (exact) mass is 226 g/mol. The van der Waals surface area contributed by atoms with Gasteiger partial charge in [0, 0.05) is 31.6 Å². The Labute approximate surface area is 97.3 Å².